The van der Waals surface area contributed by atoms with Gasteiger partial charge in [0.05, 0.1) is 5.25 Å². The van der Waals surface area contributed by atoms with Crippen LogP contribution in [0, 0.1) is 13.8 Å². The van der Waals surface area contributed by atoms with E-state index in [0.29, 0.717) is 16.5 Å². The molecular weight excluding hydrogens is 334 g/mol. The number of thioether (sulfide) groups is 1. The van der Waals surface area contributed by atoms with Crippen LogP contribution in [-0.2, 0) is 0 Å². The van der Waals surface area contributed by atoms with Crippen molar-refractivity contribution in [3.05, 3.63) is 64.9 Å². The number of aryl methyl sites for hydroxylation is 2. The Labute approximate surface area is 150 Å². The summed E-state index contributed by atoms with van der Waals surface area (Å²) in [6, 6.07) is 11.4. The molecule has 0 spiro atoms. The van der Waals surface area contributed by atoms with Crippen LogP contribution in [0.25, 0.3) is 12.2 Å². The van der Waals surface area contributed by atoms with E-state index in [-0.39, 0.29) is 11.0 Å². The first-order valence-electron chi connectivity index (χ1n) is 7.96. The molecule has 0 saturated carbocycles. The van der Waals surface area contributed by atoms with Gasteiger partial charge in [0, 0.05) is 5.56 Å². The average Bonchev–Trinajstić information content (AvgIpc) is 3.21. The predicted molar refractivity (Wildman–Crippen MR) is 99.6 cm³/mol. The van der Waals surface area contributed by atoms with Crippen LogP contribution in [0.2, 0.25) is 0 Å². The monoisotopic (exact) mass is 353 g/mol. The Morgan fingerprint density at radius 1 is 1.16 bits per heavy atom. The molecule has 1 aromatic carbocycles. The SMILES string of the molecule is Cc1ccc(C(=O)C(C)Sc2n[nH]c(C=Cc3ccc(C)o3)n2)cc1. The Morgan fingerprint density at radius 3 is 2.60 bits per heavy atom. The minimum Gasteiger partial charge on any atom is -0.462 e. The summed E-state index contributed by atoms with van der Waals surface area (Å²) in [4.78, 5) is 16.8. The van der Waals surface area contributed by atoms with Gasteiger partial charge < -0.3 is 4.42 Å². The number of furan rings is 1. The lowest BCUT2D eigenvalue weighted by Gasteiger charge is -2.07. The van der Waals surface area contributed by atoms with E-state index in [4.69, 9.17) is 4.42 Å². The zero-order valence-corrected chi connectivity index (χ0v) is 15.1. The van der Waals surface area contributed by atoms with Crippen LogP contribution in [0.5, 0.6) is 0 Å². The third-order valence-corrected chi connectivity index (χ3v) is 4.60. The lowest BCUT2D eigenvalue weighted by atomic mass is 10.1. The Hall–Kier alpha value is -2.60. The van der Waals surface area contributed by atoms with Gasteiger partial charge >= 0.3 is 0 Å². The van der Waals surface area contributed by atoms with Crippen LogP contribution < -0.4 is 0 Å². The van der Waals surface area contributed by atoms with Gasteiger partial charge in [-0.3, -0.25) is 9.89 Å². The van der Waals surface area contributed by atoms with Crippen LogP contribution >= 0.6 is 11.8 Å². The van der Waals surface area contributed by atoms with Gasteiger partial charge in [-0.2, -0.15) is 0 Å². The highest BCUT2D eigenvalue weighted by atomic mass is 32.2. The van der Waals surface area contributed by atoms with E-state index in [0.717, 1.165) is 17.1 Å². The summed E-state index contributed by atoms with van der Waals surface area (Å²) in [7, 11) is 0. The van der Waals surface area contributed by atoms with Crippen molar-refractivity contribution < 1.29 is 9.21 Å². The fourth-order valence-corrected chi connectivity index (χ4v) is 3.06. The van der Waals surface area contributed by atoms with E-state index < -0.39 is 0 Å². The number of ketones is 1. The summed E-state index contributed by atoms with van der Waals surface area (Å²) in [5.74, 6) is 2.30. The minimum absolute atomic E-state index is 0.0675. The molecule has 0 aliphatic rings. The first-order chi connectivity index (χ1) is 12.0. The van der Waals surface area contributed by atoms with Crippen LogP contribution in [0.15, 0.2) is 46.0 Å². The third kappa shape index (κ3) is 4.48. The number of aromatic amines is 1. The molecule has 0 saturated heterocycles. The predicted octanol–water partition coefficient (Wildman–Crippen LogP) is 4.55. The lowest BCUT2D eigenvalue weighted by Crippen LogP contribution is -2.13. The highest BCUT2D eigenvalue weighted by molar-refractivity contribution is 8.00. The maximum absolute atomic E-state index is 12.5. The van der Waals surface area contributed by atoms with Crippen LogP contribution in [0.4, 0.5) is 0 Å². The van der Waals surface area contributed by atoms with Crippen molar-refractivity contribution >= 4 is 29.7 Å². The molecule has 0 radical (unpaired) electrons. The number of carbonyl (C=O) groups excluding carboxylic acids is 1. The maximum atomic E-state index is 12.5. The molecule has 2 aromatic heterocycles. The number of carbonyl (C=O) groups is 1. The van der Waals surface area contributed by atoms with E-state index in [2.05, 4.69) is 15.2 Å². The minimum atomic E-state index is -0.261. The molecule has 3 rings (SSSR count). The molecule has 0 amide bonds. The smallest absolute Gasteiger partial charge is 0.209 e. The zero-order chi connectivity index (χ0) is 17.8. The topological polar surface area (TPSA) is 71.8 Å². The van der Waals surface area contributed by atoms with E-state index in [1.807, 2.05) is 63.2 Å². The maximum Gasteiger partial charge on any atom is 0.209 e. The summed E-state index contributed by atoms with van der Waals surface area (Å²) < 4.78 is 5.47. The van der Waals surface area contributed by atoms with Gasteiger partial charge in [-0.05, 0) is 45.1 Å². The van der Waals surface area contributed by atoms with Crippen LogP contribution in [0.3, 0.4) is 0 Å². The van der Waals surface area contributed by atoms with Crippen molar-refractivity contribution in [2.75, 3.05) is 0 Å². The van der Waals surface area contributed by atoms with E-state index >= 15 is 0 Å². The van der Waals surface area contributed by atoms with E-state index in [1.54, 1.807) is 6.08 Å². The van der Waals surface area contributed by atoms with Crippen molar-refractivity contribution in [2.45, 2.75) is 31.2 Å². The third-order valence-electron chi connectivity index (χ3n) is 3.64. The van der Waals surface area contributed by atoms with Gasteiger partial charge in [-0.25, -0.2) is 4.98 Å². The quantitative estimate of drug-likeness (QED) is 0.520. The van der Waals surface area contributed by atoms with Crippen molar-refractivity contribution in [3.63, 3.8) is 0 Å². The van der Waals surface area contributed by atoms with Crippen LogP contribution in [0.1, 0.15) is 40.2 Å². The molecule has 1 N–H and O–H groups in total. The number of Topliss-reactive ketones (excluding diaryl/α,β-unsaturated/α-hetero) is 1. The average molecular weight is 353 g/mol. The first-order valence-corrected chi connectivity index (χ1v) is 8.84. The van der Waals surface area contributed by atoms with Gasteiger partial charge in [-0.15, -0.1) is 5.10 Å². The Bertz CT molecular complexity index is 894. The van der Waals surface area contributed by atoms with Gasteiger partial charge in [0.25, 0.3) is 0 Å². The van der Waals surface area contributed by atoms with E-state index in [9.17, 15) is 4.79 Å². The fraction of sp³-hybridized carbons (Fsp3) is 0.211. The van der Waals surface area contributed by atoms with Gasteiger partial charge in [0.2, 0.25) is 5.16 Å². The van der Waals surface area contributed by atoms with Gasteiger partial charge in [-0.1, -0.05) is 41.6 Å². The lowest BCUT2D eigenvalue weighted by molar-refractivity contribution is 0.0994. The number of rotatable bonds is 6. The number of hydrogen-bond donors (Lipinski definition) is 1. The molecule has 1 unspecified atom stereocenters. The van der Waals surface area contributed by atoms with Crippen molar-refractivity contribution in [2.24, 2.45) is 0 Å². The molecule has 0 fully saturated rings. The number of aromatic nitrogens is 3. The summed E-state index contributed by atoms with van der Waals surface area (Å²) in [6.45, 7) is 5.76. The number of benzene rings is 1. The Kier molecular flexibility index (Phi) is 5.19. The molecule has 0 bridgehead atoms. The normalized spacial score (nSPS) is 12.6. The van der Waals surface area contributed by atoms with E-state index in [1.165, 1.54) is 11.8 Å². The number of nitrogens with zero attached hydrogens (tertiary/aromatic N) is 2. The largest absolute Gasteiger partial charge is 0.462 e. The highest BCUT2D eigenvalue weighted by Crippen LogP contribution is 2.23. The summed E-state index contributed by atoms with van der Waals surface area (Å²) in [6.07, 6.45) is 3.62. The second-order valence-corrected chi connectivity index (χ2v) is 7.08. The Balaban J connectivity index is 1.63. The number of nitrogens with one attached hydrogen (secondary N) is 1. The van der Waals surface area contributed by atoms with Crippen molar-refractivity contribution in [1.29, 1.82) is 0 Å². The van der Waals surface area contributed by atoms with Crippen molar-refractivity contribution in [3.8, 4) is 0 Å². The molecule has 3 aromatic rings. The Morgan fingerprint density at radius 2 is 1.92 bits per heavy atom. The second kappa shape index (κ2) is 7.53. The highest BCUT2D eigenvalue weighted by Gasteiger charge is 2.18. The standard InChI is InChI=1S/C19H19N3O2S/c1-12-4-7-15(8-5-12)18(23)14(3)25-19-20-17(21-22-19)11-10-16-9-6-13(2)24-16/h4-11,14H,1-3H3,(H,20,21,22). The first kappa shape index (κ1) is 17.2. The number of H-pyrrole nitrogens is 1. The molecule has 128 valence electrons. The van der Waals surface area contributed by atoms with Gasteiger partial charge in [0.1, 0.15) is 17.3 Å². The molecule has 25 heavy (non-hydrogen) atoms. The van der Waals surface area contributed by atoms with Crippen LogP contribution in [-0.4, -0.2) is 26.2 Å². The second-order valence-electron chi connectivity index (χ2n) is 5.78. The molecule has 2 heterocycles. The summed E-state index contributed by atoms with van der Waals surface area (Å²) >= 11 is 1.34. The van der Waals surface area contributed by atoms with Gasteiger partial charge in [0.15, 0.2) is 5.78 Å². The summed E-state index contributed by atoms with van der Waals surface area (Å²) in [5.41, 5.74) is 1.84. The fourth-order valence-electron chi connectivity index (χ4n) is 2.25. The molecule has 0 aliphatic carbocycles. The molecule has 1 atom stereocenters. The number of hydrogen-bond acceptors (Lipinski definition) is 5. The van der Waals surface area contributed by atoms with Crippen molar-refractivity contribution in [1.82, 2.24) is 15.2 Å². The molecule has 5 nitrogen and oxygen atoms in total. The molecule has 0 aliphatic heterocycles. The molecule has 6 heteroatoms. The summed E-state index contributed by atoms with van der Waals surface area (Å²) in [5, 5.41) is 7.29. The molecular formula is C19H19N3O2S. The zero-order valence-electron chi connectivity index (χ0n) is 14.3.